The Morgan fingerprint density at radius 3 is 2.69 bits per heavy atom. The smallest absolute Gasteiger partial charge is 0.405 e. The van der Waals surface area contributed by atoms with Crippen LogP contribution in [0.25, 0.3) is 33.7 Å². The second-order valence-electron chi connectivity index (χ2n) is 8.90. The van der Waals surface area contributed by atoms with Crippen LogP contribution in [-0.4, -0.2) is 26.1 Å². The number of halogens is 3. The zero-order valence-electron chi connectivity index (χ0n) is 18.0. The third kappa shape index (κ3) is 3.53. The molecule has 0 fully saturated rings. The standard InChI is InChI=1S/C24H23F3N4O/c1-23(2)12-6-8-16-20(31(3)30-21(16)23)22-28-17-11-10-14(13-18(17)29-22)15-7-4-5-9-19(15)32-24(25,26)27/h4-5,7,9-11,13H,6,8,12H2,1-3H3,(H,28,29). The molecular weight excluding hydrogens is 417 g/mol. The molecule has 1 N–H and O–H groups in total. The molecule has 2 heterocycles. The fourth-order valence-corrected chi connectivity index (χ4v) is 4.68. The molecule has 2 aromatic carbocycles. The molecule has 0 saturated heterocycles. The van der Waals surface area contributed by atoms with Crippen LogP contribution in [0.4, 0.5) is 13.2 Å². The van der Waals surface area contributed by atoms with Crippen molar-refractivity contribution < 1.29 is 17.9 Å². The summed E-state index contributed by atoms with van der Waals surface area (Å²) in [6.07, 6.45) is -1.61. The van der Waals surface area contributed by atoms with E-state index >= 15 is 0 Å². The number of alkyl halides is 3. The molecule has 0 spiro atoms. The van der Waals surface area contributed by atoms with Gasteiger partial charge < -0.3 is 9.72 Å². The van der Waals surface area contributed by atoms with Gasteiger partial charge in [-0.3, -0.25) is 4.68 Å². The molecule has 5 rings (SSSR count). The van der Waals surface area contributed by atoms with Crippen LogP contribution in [0.3, 0.4) is 0 Å². The predicted octanol–water partition coefficient (Wildman–Crippen LogP) is 6.14. The van der Waals surface area contributed by atoms with Gasteiger partial charge in [-0.15, -0.1) is 13.2 Å². The average Bonchev–Trinajstić information content (AvgIpc) is 3.27. The topological polar surface area (TPSA) is 55.7 Å². The van der Waals surface area contributed by atoms with E-state index in [1.165, 1.54) is 17.7 Å². The lowest BCUT2D eigenvalue weighted by atomic mass is 9.76. The lowest BCUT2D eigenvalue weighted by Gasteiger charge is -2.28. The number of hydrogen-bond donors (Lipinski definition) is 1. The number of fused-ring (bicyclic) bond motifs is 2. The van der Waals surface area contributed by atoms with Gasteiger partial charge in [-0.25, -0.2) is 4.98 Å². The number of ether oxygens (including phenoxy) is 1. The first kappa shape index (κ1) is 20.6. The normalized spacial score (nSPS) is 15.7. The van der Waals surface area contributed by atoms with E-state index in [1.807, 2.05) is 17.8 Å². The van der Waals surface area contributed by atoms with E-state index in [4.69, 9.17) is 10.1 Å². The minimum Gasteiger partial charge on any atom is -0.405 e. The second-order valence-corrected chi connectivity index (χ2v) is 8.90. The zero-order chi connectivity index (χ0) is 22.7. The van der Waals surface area contributed by atoms with Gasteiger partial charge in [-0.05, 0) is 43.0 Å². The summed E-state index contributed by atoms with van der Waals surface area (Å²) in [5, 5.41) is 4.79. The number of aryl methyl sites for hydroxylation is 1. The Hall–Kier alpha value is -3.29. The van der Waals surface area contributed by atoms with E-state index in [2.05, 4.69) is 23.6 Å². The van der Waals surface area contributed by atoms with Crippen molar-refractivity contribution in [1.29, 1.82) is 0 Å². The fraction of sp³-hybridized carbons (Fsp3) is 0.333. The van der Waals surface area contributed by atoms with Crippen LogP contribution in [0, 0.1) is 0 Å². The van der Waals surface area contributed by atoms with Crippen LogP contribution in [0.15, 0.2) is 42.5 Å². The van der Waals surface area contributed by atoms with Crippen LogP contribution in [0.5, 0.6) is 5.75 Å². The van der Waals surface area contributed by atoms with Gasteiger partial charge in [0.05, 0.1) is 16.7 Å². The average molecular weight is 440 g/mol. The number of nitrogens with one attached hydrogen (secondary N) is 1. The third-order valence-corrected chi connectivity index (χ3v) is 6.14. The molecule has 0 radical (unpaired) electrons. The van der Waals surface area contributed by atoms with Gasteiger partial charge in [0.1, 0.15) is 11.4 Å². The molecule has 1 aliphatic rings. The van der Waals surface area contributed by atoms with Crippen molar-refractivity contribution in [2.45, 2.75) is 44.9 Å². The monoisotopic (exact) mass is 440 g/mol. The van der Waals surface area contributed by atoms with E-state index in [0.717, 1.165) is 41.7 Å². The summed E-state index contributed by atoms with van der Waals surface area (Å²) >= 11 is 0. The van der Waals surface area contributed by atoms with E-state index in [-0.39, 0.29) is 11.2 Å². The van der Waals surface area contributed by atoms with Crippen molar-refractivity contribution in [3.63, 3.8) is 0 Å². The second kappa shape index (κ2) is 7.12. The van der Waals surface area contributed by atoms with Gasteiger partial charge >= 0.3 is 6.36 Å². The summed E-state index contributed by atoms with van der Waals surface area (Å²) in [7, 11) is 1.92. The number of H-pyrrole nitrogens is 1. The molecule has 0 unspecified atom stereocenters. The first-order valence-corrected chi connectivity index (χ1v) is 10.5. The molecule has 166 valence electrons. The van der Waals surface area contributed by atoms with Crippen molar-refractivity contribution in [3.8, 4) is 28.4 Å². The van der Waals surface area contributed by atoms with Crippen LogP contribution >= 0.6 is 0 Å². The highest BCUT2D eigenvalue weighted by molar-refractivity contribution is 5.86. The maximum absolute atomic E-state index is 12.8. The molecule has 8 heteroatoms. The summed E-state index contributed by atoms with van der Waals surface area (Å²) in [6.45, 7) is 4.43. The van der Waals surface area contributed by atoms with Gasteiger partial charge in [-0.1, -0.05) is 38.1 Å². The molecular formula is C24H23F3N4O. The van der Waals surface area contributed by atoms with Crippen molar-refractivity contribution >= 4 is 11.0 Å². The number of rotatable bonds is 3. The highest BCUT2D eigenvalue weighted by atomic mass is 19.4. The van der Waals surface area contributed by atoms with Gasteiger partial charge in [0.2, 0.25) is 0 Å². The van der Waals surface area contributed by atoms with E-state index in [0.29, 0.717) is 17.0 Å². The Balaban J connectivity index is 1.59. The van der Waals surface area contributed by atoms with Crippen LogP contribution in [0.2, 0.25) is 0 Å². The predicted molar refractivity (Wildman–Crippen MR) is 116 cm³/mol. The van der Waals surface area contributed by atoms with Gasteiger partial charge in [0.25, 0.3) is 0 Å². The molecule has 0 aliphatic heterocycles. The number of hydrogen-bond acceptors (Lipinski definition) is 3. The van der Waals surface area contributed by atoms with E-state index in [9.17, 15) is 13.2 Å². The Morgan fingerprint density at radius 1 is 1.12 bits per heavy atom. The maximum atomic E-state index is 12.8. The molecule has 4 aromatic rings. The van der Waals surface area contributed by atoms with Crippen molar-refractivity contribution in [2.75, 3.05) is 0 Å². The highest BCUT2D eigenvalue weighted by Gasteiger charge is 2.34. The Kier molecular flexibility index (Phi) is 4.58. The number of aromatic amines is 1. The first-order valence-electron chi connectivity index (χ1n) is 10.5. The quantitative estimate of drug-likeness (QED) is 0.416. The number of para-hydroxylation sites is 1. The first-order chi connectivity index (χ1) is 15.1. The van der Waals surface area contributed by atoms with Gasteiger partial charge in [0, 0.05) is 23.6 Å². The van der Waals surface area contributed by atoms with Crippen molar-refractivity contribution in [2.24, 2.45) is 7.05 Å². The number of benzene rings is 2. The van der Waals surface area contributed by atoms with Gasteiger partial charge in [0.15, 0.2) is 5.82 Å². The molecule has 32 heavy (non-hydrogen) atoms. The number of aromatic nitrogens is 4. The fourth-order valence-electron chi connectivity index (χ4n) is 4.68. The maximum Gasteiger partial charge on any atom is 0.573 e. The lowest BCUT2D eigenvalue weighted by Crippen LogP contribution is -2.23. The summed E-state index contributed by atoms with van der Waals surface area (Å²) < 4.78 is 44.6. The Labute approximate surface area is 183 Å². The van der Waals surface area contributed by atoms with Crippen molar-refractivity contribution in [1.82, 2.24) is 19.7 Å². The number of imidazole rings is 1. The molecule has 5 nitrogen and oxygen atoms in total. The Bertz CT molecular complexity index is 1320. The van der Waals surface area contributed by atoms with E-state index < -0.39 is 6.36 Å². The largest absolute Gasteiger partial charge is 0.573 e. The zero-order valence-corrected chi connectivity index (χ0v) is 18.0. The van der Waals surface area contributed by atoms with Gasteiger partial charge in [-0.2, -0.15) is 5.10 Å². The molecule has 1 aliphatic carbocycles. The number of nitrogens with zero attached hydrogens (tertiary/aromatic N) is 3. The molecule has 0 atom stereocenters. The summed E-state index contributed by atoms with van der Waals surface area (Å²) in [5.41, 5.74) is 5.76. The van der Waals surface area contributed by atoms with Crippen molar-refractivity contribution in [3.05, 3.63) is 53.7 Å². The molecule has 0 saturated carbocycles. The molecule has 0 amide bonds. The third-order valence-electron chi connectivity index (χ3n) is 6.14. The summed E-state index contributed by atoms with van der Waals surface area (Å²) in [5.74, 6) is 0.480. The Morgan fingerprint density at radius 2 is 1.91 bits per heavy atom. The minimum atomic E-state index is -4.76. The molecule has 2 aromatic heterocycles. The summed E-state index contributed by atoms with van der Waals surface area (Å²) in [6, 6.07) is 11.5. The minimum absolute atomic E-state index is 0.0188. The SMILES string of the molecule is Cn1nc2c(c1-c1nc3ccc(-c4ccccc4OC(F)(F)F)cc3[nH]1)CCCC2(C)C. The van der Waals surface area contributed by atoms with Crippen LogP contribution < -0.4 is 4.74 Å². The lowest BCUT2D eigenvalue weighted by molar-refractivity contribution is -0.274. The summed E-state index contributed by atoms with van der Waals surface area (Å²) in [4.78, 5) is 8.12. The van der Waals surface area contributed by atoms with Crippen LogP contribution in [0.1, 0.15) is 37.9 Å². The molecule has 0 bridgehead atoms. The van der Waals surface area contributed by atoms with E-state index in [1.54, 1.807) is 24.3 Å². The van der Waals surface area contributed by atoms with Crippen LogP contribution in [-0.2, 0) is 18.9 Å². The highest BCUT2D eigenvalue weighted by Crippen LogP contribution is 2.40.